The number of benzene rings is 1. The van der Waals surface area contributed by atoms with Gasteiger partial charge in [-0.1, -0.05) is 0 Å². The number of carboxylic acid groups (broad SMARTS) is 1. The second-order valence-electron chi connectivity index (χ2n) is 3.67. The van der Waals surface area contributed by atoms with Crippen LogP contribution in [-0.2, 0) is 9.59 Å². The van der Waals surface area contributed by atoms with Crippen molar-refractivity contribution in [1.82, 2.24) is 0 Å². The number of nitrogens with two attached hydrogens (primary N) is 1. The van der Waals surface area contributed by atoms with E-state index in [1.807, 2.05) is 0 Å². The first-order valence-corrected chi connectivity index (χ1v) is 6.36. The summed E-state index contributed by atoms with van der Waals surface area (Å²) in [7, 11) is 0. The Kier molecular flexibility index (Phi) is 5.71. The molecule has 0 spiro atoms. The van der Waals surface area contributed by atoms with Gasteiger partial charge in [0.1, 0.15) is 17.7 Å². The highest BCUT2D eigenvalue weighted by molar-refractivity contribution is 8.00. The van der Waals surface area contributed by atoms with Crippen LogP contribution in [0.5, 0.6) is 0 Å². The van der Waals surface area contributed by atoms with Gasteiger partial charge in [0.25, 0.3) is 0 Å². The summed E-state index contributed by atoms with van der Waals surface area (Å²) in [5.41, 5.74) is 5.25. The van der Waals surface area contributed by atoms with Gasteiger partial charge < -0.3 is 16.2 Å². The number of halogens is 2. The third-order valence-electron chi connectivity index (χ3n) is 1.99. The summed E-state index contributed by atoms with van der Waals surface area (Å²) < 4.78 is 25.7. The van der Waals surface area contributed by atoms with Crippen molar-refractivity contribution in [3.05, 3.63) is 29.8 Å². The highest BCUT2D eigenvalue weighted by Gasteiger charge is 2.12. The van der Waals surface area contributed by atoms with Gasteiger partial charge in [0.05, 0.1) is 5.75 Å². The third-order valence-corrected chi connectivity index (χ3v) is 3.06. The number of amides is 1. The maximum Gasteiger partial charge on any atom is 0.321 e. The molecular weight excluding hydrogens is 278 g/mol. The van der Waals surface area contributed by atoms with Crippen LogP contribution in [0.3, 0.4) is 0 Å². The average molecular weight is 290 g/mol. The zero-order chi connectivity index (χ0) is 14.4. The molecule has 0 saturated carbocycles. The molecule has 0 heterocycles. The maximum atomic E-state index is 12.8. The van der Waals surface area contributed by atoms with E-state index in [0.717, 1.165) is 23.9 Å². The number of carbonyl (C=O) groups is 2. The van der Waals surface area contributed by atoms with Crippen molar-refractivity contribution in [2.75, 3.05) is 16.8 Å². The molecule has 1 amide bonds. The van der Waals surface area contributed by atoms with Gasteiger partial charge in [-0.3, -0.25) is 9.59 Å². The van der Waals surface area contributed by atoms with E-state index in [4.69, 9.17) is 10.8 Å². The summed E-state index contributed by atoms with van der Waals surface area (Å²) in [6.07, 6.45) is 0. The van der Waals surface area contributed by atoms with Gasteiger partial charge in [-0.25, -0.2) is 8.78 Å². The van der Waals surface area contributed by atoms with Crippen molar-refractivity contribution < 1.29 is 23.5 Å². The molecule has 1 aromatic carbocycles. The molecule has 1 rings (SSSR count). The molecule has 0 radical (unpaired) electrons. The lowest BCUT2D eigenvalue weighted by Gasteiger charge is -2.07. The van der Waals surface area contributed by atoms with E-state index in [1.54, 1.807) is 0 Å². The van der Waals surface area contributed by atoms with Crippen molar-refractivity contribution in [3.8, 4) is 0 Å². The summed E-state index contributed by atoms with van der Waals surface area (Å²) in [5.74, 6) is -3.22. The lowest BCUT2D eigenvalue weighted by molar-refractivity contribution is -0.137. The number of carboxylic acids is 1. The molecule has 0 aliphatic rings. The Morgan fingerprint density at radius 1 is 1.32 bits per heavy atom. The number of anilines is 1. The molecule has 0 aromatic heterocycles. The van der Waals surface area contributed by atoms with Crippen LogP contribution in [0.1, 0.15) is 0 Å². The van der Waals surface area contributed by atoms with Gasteiger partial charge in [0.15, 0.2) is 0 Å². The van der Waals surface area contributed by atoms with Crippen LogP contribution in [0.25, 0.3) is 0 Å². The zero-order valence-corrected chi connectivity index (χ0v) is 10.5. The molecule has 4 N–H and O–H groups in total. The first-order chi connectivity index (χ1) is 8.88. The highest BCUT2D eigenvalue weighted by Crippen LogP contribution is 2.13. The molecular formula is C11H12F2N2O3S. The van der Waals surface area contributed by atoms with E-state index in [0.29, 0.717) is 6.07 Å². The fourth-order valence-electron chi connectivity index (χ4n) is 1.17. The predicted octanol–water partition coefficient (Wildman–Crippen LogP) is 1.05. The third kappa shape index (κ3) is 5.66. The number of hydrogen-bond donors (Lipinski definition) is 3. The molecule has 1 aromatic rings. The molecule has 1 atom stereocenters. The molecule has 0 saturated heterocycles. The Hall–Kier alpha value is -1.67. The van der Waals surface area contributed by atoms with Crippen LogP contribution in [-0.4, -0.2) is 34.5 Å². The summed E-state index contributed by atoms with van der Waals surface area (Å²) in [6, 6.07) is 1.60. The van der Waals surface area contributed by atoms with E-state index in [9.17, 15) is 18.4 Å². The Morgan fingerprint density at radius 2 is 1.89 bits per heavy atom. The fraction of sp³-hybridized carbons (Fsp3) is 0.273. The predicted molar refractivity (Wildman–Crippen MR) is 67.9 cm³/mol. The quantitative estimate of drug-likeness (QED) is 0.728. The Labute approximate surface area is 112 Å². The van der Waals surface area contributed by atoms with Crippen LogP contribution in [0, 0.1) is 11.6 Å². The zero-order valence-electron chi connectivity index (χ0n) is 9.73. The van der Waals surface area contributed by atoms with Crippen LogP contribution in [0.4, 0.5) is 14.5 Å². The normalized spacial score (nSPS) is 11.9. The van der Waals surface area contributed by atoms with Crippen molar-refractivity contribution in [2.45, 2.75) is 6.04 Å². The number of aliphatic carboxylic acids is 1. The minimum Gasteiger partial charge on any atom is -0.480 e. The van der Waals surface area contributed by atoms with Gasteiger partial charge in [0, 0.05) is 17.5 Å². The van der Waals surface area contributed by atoms with Gasteiger partial charge in [-0.2, -0.15) is 0 Å². The second-order valence-corrected chi connectivity index (χ2v) is 4.70. The van der Waals surface area contributed by atoms with Gasteiger partial charge >= 0.3 is 5.97 Å². The number of nitrogens with one attached hydrogen (secondary N) is 1. The van der Waals surface area contributed by atoms with E-state index < -0.39 is 29.6 Å². The number of carbonyl (C=O) groups excluding carboxylic acids is 1. The molecule has 5 nitrogen and oxygen atoms in total. The van der Waals surface area contributed by atoms with E-state index >= 15 is 0 Å². The summed E-state index contributed by atoms with van der Waals surface area (Å²) >= 11 is 1.02. The largest absolute Gasteiger partial charge is 0.480 e. The minimum atomic E-state index is -1.15. The molecule has 19 heavy (non-hydrogen) atoms. The van der Waals surface area contributed by atoms with Crippen molar-refractivity contribution in [2.24, 2.45) is 5.73 Å². The summed E-state index contributed by atoms with van der Waals surface area (Å²) in [4.78, 5) is 21.8. The topological polar surface area (TPSA) is 92.4 Å². The van der Waals surface area contributed by atoms with Crippen molar-refractivity contribution in [1.29, 1.82) is 0 Å². The minimum absolute atomic E-state index is 0.00522. The first kappa shape index (κ1) is 15.4. The van der Waals surface area contributed by atoms with E-state index in [2.05, 4.69) is 5.32 Å². The average Bonchev–Trinajstić information content (AvgIpc) is 2.26. The molecule has 0 aliphatic heterocycles. The lowest BCUT2D eigenvalue weighted by atomic mass is 10.3. The SMILES string of the molecule is N[C@@H](CSCC(=O)Nc1cc(F)cc(F)c1)C(=O)O. The molecule has 0 unspecified atom stereocenters. The number of thioether (sulfide) groups is 1. The smallest absolute Gasteiger partial charge is 0.321 e. The van der Waals surface area contributed by atoms with E-state index in [-0.39, 0.29) is 17.2 Å². The van der Waals surface area contributed by atoms with Crippen molar-refractivity contribution >= 4 is 29.3 Å². The number of rotatable bonds is 6. The monoisotopic (exact) mass is 290 g/mol. The van der Waals surface area contributed by atoms with Gasteiger partial charge in [0.2, 0.25) is 5.91 Å². The second kappa shape index (κ2) is 7.05. The summed E-state index contributed by atoms with van der Waals surface area (Å²) in [5, 5.41) is 10.8. The van der Waals surface area contributed by atoms with Crippen LogP contribution in [0.2, 0.25) is 0 Å². The van der Waals surface area contributed by atoms with Gasteiger partial charge in [-0.05, 0) is 12.1 Å². The Balaban J connectivity index is 2.41. The highest BCUT2D eigenvalue weighted by atomic mass is 32.2. The first-order valence-electron chi connectivity index (χ1n) is 5.20. The summed E-state index contributed by atoms with van der Waals surface area (Å²) in [6.45, 7) is 0. The van der Waals surface area contributed by atoms with Crippen LogP contribution >= 0.6 is 11.8 Å². The number of hydrogen-bond acceptors (Lipinski definition) is 4. The van der Waals surface area contributed by atoms with Crippen LogP contribution < -0.4 is 11.1 Å². The molecule has 0 bridgehead atoms. The molecule has 0 aliphatic carbocycles. The van der Waals surface area contributed by atoms with Gasteiger partial charge in [-0.15, -0.1) is 11.8 Å². The maximum absolute atomic E-state index is 12.8. The Morgan fingerprint density at radius 3 is 2.42 bits per heavy atom. The fourth-order valence-corrected chi connectivity index (χ4v) is 1.94. The van der Waals surface area contributed by atoms with Crippen molar-refractivity contribution in [3.63, 3.8) is 0 Å². The molecule has 0 fully saturated rings. The van der Waals surface area contributed by atoms with Crippen LogP contribution in [0.15, 0.2) is 18.2 Å². The molecule has 8 heteroatoms. The van der Waals surface area contributed by atoms with E-state index in [1.165, 1.54) is 0 Å². The standard InChI is InChI=1S/C11H12F2N2O3S/c12-6-1-7(13)3-8(2-6)15-10(16)5-19-4-9(14)11(17)18/h1-3,9H,4-5,14H2,(H,15,16)(H,17,18)/t9-/m0/s1. The lowest BCUT2D eigenvalue weighted by Crippen LogP contribution is -2.33. The molecule has 104 valence electrons. The Bertz CT molecular complexity index is 465.